The summed E-state index contributed by atoms with van der Waals surface area (Å²) in [5, 5.41) is 3.04. The molecule has 5 N–H and O–H groups in total. The first-order valence-corrected chi connectivity index (χ1v) is 20.0. The maximum atomic E-state index is 12.0. The van der Waals surface area contributed by atoms with E-state index < -0.39 is 26.7 Å². The van der Waals surface area contributed by atoms with Crippen LogP contribution in [-0.2, 0) is 24.4 Å². The first-order valence-electron chi connectivity index (χ1n) is 18.5. The Morgan fingerprint density at radius 2 is 1.81 bits per heavy atom. The number of sulfonamides is 1. The van der Waals surface area contributed by atoms with Crippen LogP contribution in [0.4, 0.5) is 5.69 Å². The number of carbonyl (C=O) groups excluding carboxylic acids is 3. The smallest absolute Gasteiger partial charge is 0.326 e. The van der Waals surface area contributed by atoms with E-state index in [9.17, 15) is 27.6 Å². The van der Waals surface area contributed by atoms with Gasteiger partial charge in [0.05, 0.1) is 22.3 Å². The monoisotopic (exact) mass is 736 g/mol. The number of allylic oxidation sites excluding steroid dienone is 2. The minimum Gasteiger partial charge on any atom is -0.376 e. The molecule has 1 aliphatic heterocycles. The van der Waals surface area contributed by atoms with Crippen LogP contribution < -0.4 is 21.5 Å². The normalized spacial score (nSPS) is 20.1. The third-order valence-corrected chi connectivity index (χ3v) is 12.1. The van der Waals surface area contributed by atoms with Gasteiger partial charge in [-0.25, -0.2) is 13.2 Å². The molecule has 2 aliphatic carbocycles. The number of rotatable bonds is 13. The number of aryl methyl sites for hydroxylation is 1. The summed E-state index contributed by atoms with van der Waals surface area (Å²) in [4.78, 5) is 51.1. The second-order valence-electron chi connectivity index (χ2n) is 14.6. The summed E-state index contributed by atoms with van der Waals surface area (Å²) >= 11 is 0. The molecule has 3 aliphatic rings. The summed E-state index contributed by atoms with van der Waals surface area (Å²) in [6.07, 6.45) is 12.5. The van der Waals surface area contributed by atoms with E-state index in [0.717, 1.165) is 36.0 Å². The fourth-order valence-corrected chi connectivity index (χ4v) is 7.53. The maximum absolute atomic E-state index is 12.0. The van der Waals surface area contributed by atoms with Crippen LogP contribution >= 0.6 is 0 Å². The molecule has 2 saturated carbocycles. The molecule has 0 radical (unpaired) electrons. The highest BCUT2D eigenvalue weighted by Crippen LogP contribution is 2.44. The Kier molecular flexibility index (Phi) is 13.9. The molecule has 3 amide bonds. The Labute approximate surface area is 307 Å². The molecular weight excluding hydrogens is 681 g/mol. The van der Waals surface area contributed by atoms with Gasteiger partial charge in [0.2, 0.25) is 27.7 Å². The van der Waals surface area contributed by atoms with Crippen LogP contribution in [0.15, 0.2) is 65.5 Å². The Bertz CT molecular complexity index is 1880. The Morgan fingerprint density at radius 1 is 1.10 bits per heavy atom. The fraction of sp³-hybridized carbons (Fsp3) is 0.538. The van der Waals surface area contributed by atoms with Gasteiger partial charge in [0, 0.05) is 24.2 Å². The van der Waals surface area contributed by atoms with Crippen LogP contribution in [0.1, 0.15) is 97.1 Å². The summed E-state index contributed by atoms with van der Waals surface area (Å²) in [5.41, 5.74) is 9.22. The lowest BCUT2D eigenvalue weighted by atomic mass is 10.2. The largest absolute Gasteiger partial charge is 0.376 e. The number of primary amides is 1. The standard InChI is InChI=1S/C15H25NO3S.C13H17N3O2.C11H14N2O/c1-3-4-5-6-7-8-12-11-13(12)14(17)16-20(18,19)15(2)9-10-15;14-13(18)11-7-4-8-16(11)12(17)9-15-10-5-2-1-3-6-10;1-7(2)13-10-6-8(3)4-5-9(10)12-11(13)14/h7-8,12-13H,3-6,9-11H2,1-2H3,(H,16,17);1-3,5-6,11,15H,4,7-9H2,(H2,14,18);4-7H,1-3H3,(H,12,14)/b8-7-;;. The number of para-hydroxylation sites is 1. The maximum Gasteiger partial charge on any atom is 0.326 e. The zero-order valence-corrected chi connectivity index (χ0v) is 32.0. The number of imidazole rings is 1. The molecular formula is C39H56N6O6S. The van der Waals surface area contributed by atoms with Crippen LogP contribution in [0.2, 0.25) is 0 Å². The number of benzene rings is 2. The molecule has 3 aromatic rings. The summed E-state index contributed by atoms with van der Waals surface area (Å²) in [6, 6.07) is 15.2. The highest BCUT2D eigenvalue weighted by atomic mass is 32.2. The Hall–Kier alpha value is -4.39. The van der Waals surface area contributed by atoms with Gasteiger partial charge in [-0.15, -0.1) is 0 Å². The number of anilines is 1. The number of hydrogen-bond acceptors (Lipinski definition) is 7. The van der Waals surface area contributed by atoms with Gasteiger partial charge >= 0.3 is 5.69 Å². The van der Waals surface area contributed by atoms with Gasteiger partial charge in [-0.3, -0.25) is 23.7 Å². The Morgan fingerprint density at radius 3 is 2.44 bits per heavy atom. The molecule has 3 atom stereocenters. The van der Waals surface area contributed by atoms with Crippen LogP contribution in [0.3, 0.4) is 0 Å². The van der Waals surface area contributed by atoms with Gasteiger partial charge in [-0.1, -0.05) is 56.2 Å². The minimum absolute atomic E-state index is 0.0272. The van der Waals surface area contributed by atoms with Gasteiger partial charge in [0.15, 0.2) is 0 Å². The van der Waals surface area contributed by atoms with Crippen molar-refractivity contribution < 1.29 is 22.8 Å². The van der Waals surface area contributed by atoms with Crippen molar-refractivity contribution in [2.75, 3.05) is 18.4 Å². The zero-order chi connectivity index (χ0) is 38.1. The second kappa shape index (κ2) is 17.9. The van der Waals surface area contributed by atoms with Crippen molar-refractivity contribution in [2.24, 2.45) is 17.6 Å². The van der Waals surface area contributed by atoms with Crippen LogP contribution in [0.25, 0.3) is 11.0 Å². The number of nitrogens with zero attached hydrogens (tertiary/aromatic N) is 2. The van der Waals surface area contributed by atoms with Gasteiger partial charge < -0.3 is 20.9 Å². The molecule has 0 spiro atoms. The average Bonchev–Trinajstić information content (AvgIpc) is 3.96. The average molecular weight is 737 g/mol. The third-order valence-electron chi connectivity index (χ3n) is 9.88. The number of nitrogens with two attached hydrogens (primary N) is 1. The lowest BCUT2D eigenvalue weighted by Crippen LogP contribution is -2.45. The number of amides is 3. The number of aromatic nitrogens is 2. The molecule has 2 aromatic carbocycles. The second-order valence-corrected chi connectivity index (χ2v) is 16.8. The lowest BCUT2D eigenvalue weighted by Gasteiger charge is -2.22. The molecule has 284 valence electrons. The van der Waals surface area contributed by atoms with Gasteiger partial charge in [-0.05, 0) is 108 Å². The topological polar surface area (TPSA) is 176 Å². The fourth-order valence-electron chi connectivity index (χ4n) is 6.23. The predicted octanol–water partition coefficient (Wildman–Crippen LogP) is 5.55. The molecule has 3 unspecified atom stereocenters. The van der Waals surface area contributed by atoms with Gasteiger partial charge in [-0.2, -0.15) is 0 Å². The van der Waals surface area contributed by atoms with Crippen LogP contribution in [0.5, 0.6) is 0 Å². The van der Waals surface area contributed by atoms with Gasteiger partial charge in [0.25, 0.3) is 0 Å². The van der Waals surface area contributed by atoms with E-state index in [1.807, 2.05) is 69.3 Å². The number of aromatic amines is 1. The van der Waals surface area contributed by atoms with E-state index in [1.165, 1.54) is 24.8 Å². The lowest BCUT2D eigenvalue weighted by molar-refractivity contribution is -0.135. The number of fused-ring (bicyclic) bond motifs is 1. The van der Waals surface area contributed by atoms with Crippen molar-refractivity contribution >= 4 is 44.5 Å². The third kappa shape index (κ3) is 10.8. The summed E-state index contributed by atoms with van der Waals surface area (Å²) in [6.45, 7) is 10.7. The van der Waals surface area contributed by atoms with E-state index in [1.54, 1.807) is 16.4 Å². The van der Waals surface area contributed by atoms with Crippen LogP contribution in [0, 0.1) is 18.8 Å². The molecule has 52 heavy (non-hydrogen) atoms. The number of nitrogens with one attached hydrogen (secondary N) is 3. The molecule has 2 heterocycles. The van der Waals surface area contributed by atoms with Crippen molar-refractivity contribution in [3.63, 3.8) is 0 Å². The summed E-state index contributed by atoms with van der Waals surface area (Å²) in [5.74, 6) is -0.726. The summed E-state index contributed by atoms with van der Waals surface area (Å²) in [7, 11) is -3.47. The summed E-state index contributed by atoms with van der Waals surface area (Å²) < 4.78 is 27.2. The number of unbranched alkanes of at least 4 members (excludes halogenated alkanes) is 3. The number of carbonyl (C=O) groups is 3. The van der Waals surface area contributed by atoms with Gasteiger partial charge in [0.1, 0.15) is 6.04 Å². The van der Waals surface area contributed by atoms with E-state index in [4.69, 9.17) is 5.73 Å². The van der Waals surface area contributed by atoms with Crippen molar-refractivity contribution in [3.8, 4) is 0 Å². The van der Waals surface area contributed by atoms with Crippen molar-refractivity contribution in [2.45, 2.75) is 109 Å². The van der Waals surface area contributed by atoms with E-state index >= 15 is 0 Å². The van der Waals surface area contributed by atoms with E-state index in [0.29, 0.717) is 25.8 Å². The minimum atomic E-state index is -3.47. The quantitative estimate of drug-likeness (QED) is 0.131. The van der Waals surface area contributed by atoms with Crippen molar-refractivity contribution in [1.29, 1.82) is 0 Å². The first-order chi connectivity index (χ1) is 24.7. The SMILES string of the molecule is CCCCC/C=C\C1CC1C(=O)NS(=O)(=O)C1(C)CC1.Cc1ccc2[nH]c(=O)n(C(C)C)c2c1.NC(=O)C1CCCN1C(=O)CNc1ccccc1. The van der Waals surface area contributed by atoms with Crippen molar-refractivity contribution in [1.82, 2.24) is 19.2 Å². The van der Waals surface area contributed by atoms with E-state index in [2.05, 4.69) is 34.1 Å². The molecule has 3 fully saturated rings. The highest BCUT2D eigenvalue weighted by Gasteiger charge is 2.52. The number of hydrogen-bond donors (Lipinski definition) is 4. The molecule has 13 heteroatoms. The first kappa shape index (κ1) is 40.4. The molecule has 12 nitrogen and oxygen atoms in total. The predicted molar refractivity (Wildman–Crippen MR) is 206 cm³/mol. The molecule has 1 aromatic heterocycles. The van der Waals surface area contributed by atoms with Crippen LogP contribution in [-0.4, -0.2) is 64.5 Å². The molecule has 1 saturated heterocycles. The molecule has 0 bridgehead atoms. The van der Waals surface area contributed by atoms with E-state index in [-0.39, 0.29) is 41.9 Å². The zero-order valence-electron chi connectivity index (χ0n) is 31.2. The number of H-pyrrole nitrogens is 1. The van der Waals surface area contributed by atoms with Crippen molar-refractivity contribution in [3.05, 3.63) is 76.7 Å². The molecule has 6 rings (SSSR count). The number of likely N-dealkylation sites (tertiary alicyclic amines) is 1. The highest BCUT2D eigenvalue weighted by molar-refractivity contribution is 7.91. The Balaban J connectivity index is 0.000000177.